The van der Waals surface area contributed by atoms with E-state index in [-0.39, 0.29) is 0 Å². The second-order valence-electron chi connectivity index (χ2n) is 5.27. The average molecular weight is 406 g/mol. The normalized spacial score (nSPS) is 11.8. The first-order valence-corrected chi connectivity index (χ1v) is 8.42. The third-order valence-corrected chi connectivity index (χ3v) is 3.30. The third-order valence-electron chi connectivity index (χ3n) is 3.30. The van der Waals surface area contributed by atoms with Crippen molar-refractivity contribution < 1.29 is 49.2 Å². The number of nitrogens with one attached hydrogen (secondary N) is 1. The lowest BCUT2D eigenvalue weighted by molar-refractivity contribution is -0.155. The van der Waals surface area contributed by atoms with E-state index < -0.39 is 80.0 Å². The molecule has 0 bridgehead atoms. The van der Waals surface area contributed by atoms with E-state index in [0.717, 1.165) is 6.92 Å². The fourth-order valence-corrected chi connectivity index (χ4v) is 2.24. The number of hydrogen-bond donors (Lipinski definition) is 5. The van der Waals surface area contributed by atoms with Crippen molar-refractivity contribution in [2.45, 2.75) is 58.5 Å². The Kier molecular flexibility index (Phi) is 13.5. The Balaban J connectivity index is 0. The van der Waals surface area contributed by atoms with Crippen molar-refractivity contribution in [2.24, 2.45) is 0 Å². The predicted octanol–water partition coefficient (Wildman–Crippen LogP) is -0.387. The first-order valence-electron chi connectivity index (χ1n) is 8.42. The zero-order valence-corrected chi connectivity index (χ0v) is 15.9. The van der Waals surface area contributed by atoms with Gasteiger partial charge in [0, 0.05) is 19.8 Å². The van der Waals surface area contributed by atoms with Crippen LogP contribution in [-0.2, 0) is 28.8 Å². The van der Waals surface area contributed by atoms with Crippen molar-refractivity contribution in [3.05, 3.63) is 0 Å². The quantitative estimate of drug-likeness (QED) is 0.284. The highest BCUT2D eigenvalue weighted by molar-refractivity contribution is 5.91. The van der Waals surface area contributed by atoms with Gasteiger partial charge in [0.1, 0.15) is 18.6 Å². The number of carboxylic acid groups (broad SMARTS) is 4. The molecule has 0 radical (unpaired) electrons. The molecule has 0 heterocycles. The summed E-state index contributed by atoms with van der Waals surface area (Å²) in [7, 11) is 0. The number of aliphatic carboxylic acids is 4. The first-order chi connectivity index (χ1) is 13.0. The number of hydrogen-bond acceptors (Lipinski definition) is 6. The summed E-state index contributed by atoms with van der Waals surface area (Å²) < 4.78 is 0. The van der Waals surface area contributed by atoms with Gasteiger partial charge in [0.2, 0.25) is 11.8 Å². The summed E-state index contributed by atoms with van der Waals surface area (Å²) >= 11 is 0. The van der Waals surface area contributed by atoms with E-state index in [9.17, 15) is 33.9 Å². The fourth-order valence-electron chi connectivity index (χ4n) is 2.24. The van der Waals surface area contributed by atoms with Crippen LogP contribution in [0.5, 0.6) is 0 Å². The van der Waals surface area contributed by atoms with Crippen LogP contribution < -0.4 is 5.32 Å². The van der Waals surface area contributed by atoms with Crippen LogP contribution in [-0.4, -0.2) is 79.6 Å². The number of amides is 2. The van der Waals surface area contributed by atoms with Crippen LogP contribution in [0, 0.1) is 0 Å². The van der Waals surface area contributed by atoms with Crippen LogP contribution >= 0.6 is 0 Å². The van der Waals surface area contributed by atoms with Crippen LogP contribution in [0.15, 0.2) is 0 Å². The molecule has 0 saturated carbocycles. The molecule has 160 valence electrons. The largest absolute Gasteiger partial charge is 0.481 e. The highest BCUT2D eigenvalue weighted by atomic mass is 16.4. The first kappa shape index (κ1) is 27.0. The zero-order valence-electron chi connectivity index (χ0n) is 15.9. The summed E-state index contributed by atoms with van der Waals surface area (Å²) in [5, 5.41) is 37.4. The van der Waals surface area contributed by atoms with E-state index in [1.165, 1.54) is 0 Å². The molecule has 0 aromatic rings. The molecule has 0 saturated heterocycles. The van der Waals surface area contributed by atoms with Gasteiger partial charge in [0.05, 0.1) is 0 Å². The van der Waals surface area contributed by atoms with E-state index in [2.05, 4.69) is 0 Å². The molecule has 0 fully saturated rings. The average Bonchev–Trinajstić information content (AvgIpc) is 2.59. The highest BCUT2D eigenvalue weighted by Crippen LogP contribution is 2.17. The summed E-state index contributed by atoms with van der Waals surface area (Å²) in [6.07, 6.45) is -2.19. The number of carboxylic acids is 4. The maximum atomic E-state index is 12.2. The summed E-state index contributed by atoms with van der Waals surface area (Å²) in [6.45, 7) is 4.12. The topological polar surface area (TPSA) is 199 Å². The van der Waals surface area contributed by atoms with E-state index in [1.54, 1.807) is 0 Å². The van der Waals surface area contributed by atoms with E-state index >= 15 is 0 Å². The van der Waals surface area contributed by atoms with Gasteiger partial charge in [-0.25, -0.2) is 4.79 Å². The number of carbonyl (C=O) groups is 6. The van der Waals surface area contributed by atoms with Gasteiger partial charge in [-0.2, -0.15) is 0 Å². The zero-order chi connectivity index (χ0) is 22.4. The molecule has 0 aromatic carbocycles. The molecule has 12 heteroatoms. The number of rotatable bonds is 12. The minimum atomic E-state index is -1.70. The van der Waals surface area contributed by atoms with Crippen LogP contribution in [0.4, 0.5) is 0 Å². The molecule has 0 aromatic heterocycles. The van der Waals surface area contributed by atoms with E-state index in [0.29, 0.717) is 4.90 Å². The molecule has 12 nitrogen and oxygen atoms in total. The second kappa shape index (κ2) is 13.9. The summed E-state index contributed by atoms with van der Waals surface area (Å²) in [5.74, 6) is -7.56. The molecule has 5 N–H and O–H groups in total. The maximum Gasteiger partial charge on any atom is 0.326 e. The van der Waals surface area contributed by atoms with Gasteiger partial charge >= 0.3 is 23.9 Å². The van der Waals surface area contributed by atoms with Gasteiger partial charge in [0.15, 0.2) is 0 Å². The van der Waals surface area contributed by atoms with Crippen LogP contribution in [0.25, 0.3) is 0 Å². The van der Waals surface area contributed by atoms with Crippen molar-refractivity contribution in [1.29, 1.82) is 0 Å². The van der Waals surface area contributed by atoms with Gasteiger partial charge < -0.3 is 30.6 Å². The summed E-state index contributed by atoms with van der Waals surface area (Å²) in [6, 6.07) is -3.28. The van der Waals surface area contributed by atoms with Gasteiger partial charge in [-0.3, -0.25) is 24.0 Å². The molecule has 0 aliphatic rings. The Labute approximate surface area is 161 Å². The van der Waals surface area contributed by atoms with Crippen molar-refractivity contribution >= 4 is 35.7 Å². The van der Waals surface area contributed by atoms with Crippen molar-refractivity contribution in [1.82, 2.24) is 10.2 Å². The molecule has 0 aliphatic carbocycles. The van der Waals surface area contributed by atoms with Gasteiger partial charge in [-0.1, -0.05) is 13.8 Å². The minimum absolute atomic E-state index is 0.475. The van der Waals surface area contributed by atoms with E-state index in [4.69, 9.17) is 15.3 Å². The summed E-state index contributed by atoms with van der Waals surface area (Å²) in [4.78, 5) is 68.2. The van der Waals surface area contributed by atoms with Crippen molar-refractivity contribution in [2.75, 3.05) is 6.54 Å². The summed E-state index contributed by atoms with van der Waals surface area (Å²) in [5.41, 5.74) is 0. The van der Waals surface area contributed by atoms with Gasteiger partial charge in [-0.05, 0) is 12.8 Å². The lowest BCUT2D eigenvalue weighted by atomic mass is 10.0. The van der Waals surface area contributed by atoms with Crippen LogP contribution in [0.2, 0.25) is 0 Å². The SMILES string of the molecule is CC.CC(=O)N(C(CCC(=O)O)C(=O)O)C(CCC(=O)O)C(=O)NCC(=O)O. The minimum Gasteiger partial charge on any atom is -0.481 e. The van der Waals surface area contributed by atoms with Crippen LogP contribution in [0.1, 0.15) is 46.5 Å². The lowest BCUT2D eigenvalue weighted by Gasteiger charge is -2.34. The Bertz CT molecular complexity index is 590. The van der Waals surface area contributed by atoms with Crippen LogP contribution in [0.3, 0.4) is 0 Å². The molecule has 0 rings (SSSR count). The molecule has 2 atom stereocenters. The van der Waals surface area contributed by atoms with Gasteiger partial charge in [0.25, 0.3) is 0 Å². The maximum absolute atomic E-state index is 12.2. The standard InChI is InChI=1S/C14H20N2O10.C2H6/c1-7(17)16(9(14(25)26)3-5-11(20)21)8(2-4-10(18)19)13(24)15-6-12(22)23;1-2/h8-9H,2-6H2,1H3,(H,15,24)(H,18,19)(H,20,21)(H,22,23)(H,25,26);1-2H3. The molecule has 28 heavy (non-hydrogen) atoms. The number of nitrogens with zero attached hydrogens (tertiary/aromatic N) is 1. The fraction of sp³-hybridized carbons (Fsp3) is 0.625. The Morgan fingerprint density at radius 3 is 1.54 bits per heavy atom. The monoisotopic (exact) mass is 406 g/mol. The second-order valence-corrected chi connectivity index (χ2v) is 5.27. The Morgan fingerprint density at radius 2 is 1.21 bits per heavy atom. The molecule has 2 amide bonds. The predicted molar refractivity (Wildman–Crippen MR) is 93.5 cm³/mol. The molecular weight excluding hydrogens is 380 g/mol. The lowest BCUT2D eigenvalue weighted by Crippen LogP contribution is -2.56. The highest BCUT2D eigenvalue weighted by Gasteiger charge is 2.37. The Hall–Kier alpha value is -3.18. The Morgan fingerprint density at radius 1 is 0.786 bits per heavy atom. The third kappa shape index (κ3) is 10.7. The number of carbonyl (C=O) groups excluding carboxylic acids is 2. The van der Waals surface area contributed by atoms with Crippen molar-refractivity contribution in [3.63, 3.8) is 0 Å². The smallest absolute Gasteiger partial charge is 0.326 e. The van der Waals surface area contributed by atoms with Crippen molar-refractivity contribution in [3.8, 4) is 0 Å². The molecule has 2 unspecified atom stereocenters. The molecule has 0 aliphatic heterocycles. The molecule has 0 spiro atoms. The molecular formula is C16H26N2O10. The van der Waals surface area contributed by atoms with E-state index in [1.807, 2.05) is 19.2 Å². The van der Waals surface area contributed by atoms with Gasteiger partial charge in [-0.15, -0.1) is 0 Å².